The molecule has 0 radical (unpaired) electrons. The summed E-state index contributed by atoms with van der Waals surface area (Å²) in [4.78, 5) is 12.4. The lowest BCUT2D eigenvalue weighted by molar-refractivity contribution is 0.519. The van der Waals surface area contributed by atoms with Crippen LogP contribution in [0.25, 0.3) is 11.3 Å². The first-order chi connectivity index (χ1) is 9.74. The Morgan fingerprint density at radius 2 is 1.86 bits per heavy atom. The molecule has 2 N–H and O–H groups in total. The summed E-state index contributed by atoms with van der Waals surface area (Å²) in [5.74, 6) is 0. The Morgan fingerprint density at radius 1 is 1.19 bits per heavy atom. The summed E-state index contributed by atoms with van der Waals surface area (Å²) < 4.78 is 1.48. The van der Waals surface area contributed by atoms with Crippen molar-refractivity contribution in [2.75, 3.05) is 0 Å². The van der Waals surface area contributed by atoms with Crippen molar-refractivity contribution in [3.05, 3.63) is 51.3 Å². The van der Waals surface area contributed by atoms with E-state index >= 15 is 0 Å². The van der Waals surface area contributed by atoms with Crippen LogP contribution >= 0.6 is 0 Å². The smallest absolute Gasteiger partial charge is 0.271 e. The Hall–Kier alpha value is -1.94. The topological polar surface area (TPSA) is 60.9 Å². The number of hydrogen-bond donors (Lipinski definition) is 1. The third-order valence-corrected chi connectivity index (χ3v) is 3.77. The maximum atomic E-state index is 12.4. The lowest BCUT2D eigenvalue weighted by Gasteiger charge is -2.20. The van der Waals surface area contributed by atoms with Gasteiger partial charge in [-0.25, -0.2) is 4.68 Å². The van der Waals surface area contributed by atoms with Gasteiger partial charge in [0.25, 0.3) is 5.56 Å². The molecule has 0 amide bonds. The molecule has 2 aromatic rings. The van der Waals surface area contributed by atoms with Gasteiger partial charge in [-0.05, 0) is 57.9 Å². The normalized spacial score (nSPS) is 11.7. The highest BCUT2D eigenvalue weighted by Crippen LogP contribution is 2.22. The average Bonchev–Trinajstić information content (AvgIpc) is 2.41. The van der Waals surface area contributed by atoms with Crippen LogP contribution in [0.15, 0.2) is 29.1 Å². The third-order valence-electron chi connectivity index (χ3n) is 3.77. The zero-order valence-electron chi connectivity index (χ0n) is 13.4. The molecule has 0 bridgehead atoms. The van der Waals surface area contributed by atoms with Gasteiger partial charge in [0.15, 0.2) is 0 Å². The van der Waals surface area contributed by atoms with E-state index < -0.39 is 5.54 Å². The van der Waals surface area contributed by atoms with Gasteiger partial charge in [0.05, 0.1) is 5.69 Å². The second kappa shape index (κ2) is 5.45. The van der Waals surface area contributed by atoms with Crippen molar-refractivity contribution >= 4 is 0 Å². The Kier molecular flexibility index (Phi) is 4.01. The number of nitrogens with zero attached hydrogens (tertiary/aromatic N) is 2. The van der Waals surface area contributed by atoms with E-state index in [1.54, 1.807) is 0 Å². The van der Waals surface area contributed by atoms with Crippen LogP contribution in [0, 0.1) is 13.8 Å². The molecule has 0 atom stereocenters. The maximum absolute atomic E-state index is 12.4. The minimum absolute atomic E-state index is 0.113. The number of aromatic nitrogens is 2. The van der Waals surface area contributed by atoms with E-state index in [1.807, 2.05) is 32.9 Å². The van der Waals surface area contributed by atoms with Gasteiger partial charge < -0.3 is 5.73 Å². The SMILES string of the molecule is CCn1nc(-c2ccc(C)c(C)c2)cc(C(C)(C)N)c1=O. The average molecular weight is 285 g/mol. The van der Waals surface area contributed by atoms with Crippen molar-refractivity contribution in [3.8, 4) is 11.3 Å². The summed E-state index contributed by atoms with van der Waals surface area (Å²) in [7, 11) is 0. The molecule has 0 aliphatic rings. The quantitative estimate of drug-likeness (QED) is 0.943. The highest BCUT2D eigenvalue weighted by molar-refractivity contribution is 5.61. The van der Waals surface area contributed by atoms with E-state index in [0.717, 1.165) is 11.3 Å². The molecule has 0 unspecified atom stereocenters. The van der Waals surface area contributed by atoms with Gasteiger partial charge >= 0.3 is 0 Å². The zero-order valence-corrected chi connectivity index (χ0v) is 13.4. The van der Waals surface area contributed by atoms with E-state index in [2.05, 4.69) is 31.1 Å². The highest BCUT2D eigenvalue weighted by atomic mass is 16.1. The number of hydrogen-bond acceptors (Lipinski definition) is 3. The van der Waals surface area contributed by atoms with Gasteiger partial charge in [0, 0.05) is 23.2 Å². The molecule has 0 saturated heterocycles. The van der Waals surface area contributed by atoms with Crippen molar-refractivity contribution in [2.24, 2.45) is 5.73 Å². The number of rotatable bonds is 3. The molecule has 1 aromatic heterocycles. The first-order valence-corrected chi connectivity index (χ1v) is 7.23. The van der Waals surface area contributed by atoms with Crippen molar-refractivity contribution in [1.82, 2.24) is 9.78 Å². The molecule has 1 heterocycles. The van der Waals surface area contributed by atoms with Gasteiger partial charge in [-0.1, -0.05) is 12.1 Å². The van der Waals surface area contributed by atoms with Crippen LogP contribution in [0.2, 0.25) is 0 Å². The zero-order chi connectivity index (χ0) is 15.8. The second-order valence-corrected chi connectivity index (χ2v) is 6.08. The van der Waals surface area contributed by atoms with Gasteiger partial charge in [0.1, 0.15) is 0 Å². The summed E-state index contributed by atoms with van der Waals surface area (Å²) in [6, 6.07) is 8.01. The predicted octanol–water partition coefficient (Wildman–Crippen LogP) is 2.74. The number of benzene rings is 1. The van der Waals surface area contributed by atoms with Crippen molar-refractivity contribution in [1.29, 1.82) is 0 Å². The summed E-state index contributed by atoms with van der Waals surface area (Å²) in [5, 5.41) is 4.45. The molecule has 112 valence electrons. The minimum atomic E-state index is -0.689. The Labute approximate surface area is 125 Å². The second-order valence-electron chi connectivity index (χ2n) is 6.08. The Balaban J connectivity index is 2.69. The highest BCUT2D eigenvalue weighted by Gasteiger charge is 2.21. The number of aryl methyl sites for hydroxylation is 3. The van der Waals surface area contributed by atoms with Gasteiger partial charge in [-0.2, -0.15) is 5.10 Å². The fourth-order valence-corrected chi connectivity index (χ4v) is 2.26. The van der Waals surface area contributed by atoms with Crippen molar-refractivity contribution in [3.63, 3.8) is 0 Å². The van der Waals surface area contributed by atoms with Crippen LogP contribution in [0.3, 0.4) is 0 Å². The molecule has 0 spiro atoms. The van der Waals surface area contributed by atoms with Crippen molar-refractivity contribution < 1.29 is 0 Å². The summed E-state index contributed by atoms with van der Waals surface area (Å²) in [6.07, 6.45) is 0. The lowest BCUT2D eigenvalue weighted by atomic mass is 9.95. The molecule has 0 saturated carbocycles. The molecule has 0 fully saturated rings. The van der Waals surface area contributed by atoms with Crippen LogP contribution in [0.5, 0.6) is 0 Å². The Morgan fingerprint density at radius 3 is 2.38 bits per heavy atom. The molecule has 4 nitrogen and oxygen atoms in total. The fraction of sp³-hybridized carbons (Fsp3) is 0.412. The lowest BCUT2D eigenvalue weighted by Crippen LogP contribution is -2.39. The number of nitrogens with two attached hydrogens (primary N) is 1. The van der Waals surface area contributed by atoms with E-state index in [-0.39, 0.29) is 5.56 Å². The first kappa shape index (κ1) is 15.4. The van der Waals surface area contributed by atoms with E-state index in [4.69, 9.17) is 5.73 Å². The van der Waals surface area contributed by atoms with Gasteiger partial charge in [-0.3, -0.25) is 4.79 Å². The molecule has 1 aromatic carbocycles. The van der Waals surface area contributed by atoms with E-state index in [0.29, 0.717) is 12.1 Å². The molecule has 0 aliphatic carbocycles. The summed E-state index contributed by atoms with van der Waals surface area (Å²) in [6.45, 7) is 10.3. The fourth-order valence-electron chi connectivity index (χ4n) is 2.26. The van der Waals surface area contributed by atoms with Crippen molar-refractivity contribution in [2.45, 2.75) is 46.7 Å². The molecule has 2 rings (SSSR count). The maximum Gasteiger partial charge on any atom is 0.271 e. The minimum Gasteiger partial charge on any atom is -0.322 e. The van der Waals surface area contributed by atoms with Crippen LogP contribution < -0.4 is 11.3 Å². The largest absolute Gasteiger partial charge is 0.322 e. The summed E-state index contributed by atoms with van der Waals surface area (Å²) >= 11 is 0. The molecule has 21 heavy (non-hydrogen) atoms. The van der Waals surface area contributed by atoms with E-state index in [1.165, 1.54) is 15.8 Å². The van der Waals surface area contributed by atoms with Crippen LogP contribution in [0.4, 0.5) is 0 Å². The van der Waals surface area contributed by atoms with Gasteiger partial charge in [-0.15, -0.1) is 0 Å². The first-order valence-electron chi connectivity index (χ1n) is 7.23. The molecule has 4 heteroatoms. The summed E-state index contributed by atoms with van der Waals surface area (Å²) in [5.41, 5.74) is 10.2. The predicted molar refractivity (Wildman–Crippen MR) is 86.3 cm³/mol. The Bertz CT molecular complexity index is 724. The van der Waals surface area contributed by atoms with Crippen LogP contribution in [-0.4, -0.2) is 9.78 Å². The third kappa shape index (κ3) is 3.05. The van der Waals surface area contributed by atoms with Crippen LogP contribution in [-0.2, 0) is 12.1 Å². The van der Waals surface area contributed by atoms with Gasteiger partial charge in [0.2, 0.25) is 0 Å². The van der Waals surface area contributed by atoms with Crippen LogP contribution in [0.1, 0.15) is 37.5 Å². The van der Waals surface area contributed by atoms with E-state index in [9.17, 15) is 4.79 Å². The molecular formula is C17H23N3O. The standard InChI is InChI=1S/C17H23N3O/c1-6-20-16(21)14(17(4,5)18)10-15(19-20)13-8-7-11(2)12(3)9-13/h7-10H,6,18H2,1-5H3. The monoisotopic (exact) mass is 285 g/mol. The molecular weight excluding hydrogens is 262 g/mol. The molecule has 0 aliphatic heterocycles.